The largest absolute Gasteiger partial charge is 0.229 e. The second-order valence-corrected chi connectivity index (χ2v) is 8.68. The molecule has 1 aromatic rings. The highest BCUT2D eigenvalue weighted by atomic mass is 79.9. The number of halogens is 1. The van der Waals surface area contributed by atoms with Crippen molar-refractivity contribution >= 4 is 25.8 Å². The van der Waals surface area contributed by atoms with Crippen LogP contribution in [-0.4, -0.2) is 19.9 Å². The van der Waals surface area contributed by atoms with Crippen molar-refractivity contribution in [1.82, 2.24) is 0 Å². The molecule has 0 amide bonds. The maximum Gasteiger partial charge on any atom is 0.150 e. The van der Waals surface area contributed by atoms with E-state index in [0.717, 1.165) is 6.42 Å². The number of sulfone groups is 1. The Morgan fingerprint density at radius 3 is 2.50 bits per heavy atom. The monoisotopic (exact) mass is 328 g/mol. The van der Waals surface area contributed by atoms with E-state index >= 15 is 0 Å². The van der Waals surface area contributed by atoms with Gasteiger partial charge >= 0.3 is 0 Å². The number of hydrogen-bond donors (Lipinski definition) is 0. The topological polar surface area (TPSA) is 34.1 Å². The first-order valence-electron chi connectivity index (χ1n) is 6.50. The molecule has 2 aliphatic rings. The van der Waals surface area contributed by atoms with Crippen LogP contribution in [0.15, 0.2) is 24.3 Å². The highest BCUT2D eigenvalue weighted by molar-refractivity contribution is 9.09. The van der Waals surface area contributed by atoms with E-state index in [1.165, 1.54) is 24.0 Å². The summed E-state index contributed by atoms with van der Waals surface area (Å²) in [6.45, 7) is 0. The van der Waals surface area contributed by atoms with Gasteiger partial charge in [0.25, 0.3) is 0 Å². The Morgan fingerprint density at radius 1 is 1.17 bits per heavy atom. The van der Waals surface area contributed by atoms with E-state index in [9.17, 15) is 8.42 Å². The zero-order valence-corrected chi connectivity index (χ0v) is 12.6. The van der Waals surface area contributed by atoms with Crippen LogP contribution in [0.25, 0.3) is 0 Å². The summed E-state index contributed by atoms with van der Waals surface area (Å²) in [6.07, 6.45) is 3.34. The smallest absolute Gasteiger partial charge is 0.150 e. The van der Waals surface area contributed by atoms with Gasteiger partial charge in [0, 0.05) is 4.83 Å². The molecule has 1 heterocycles. The Hall–Kier alpha value is -0.350. The van der Waals surface area contributed by atoms with Gasteiger partial charge in [-0.2, -0.15) is 0 Å². The van der Waals surface area contributed by atoms with Gasteiger partial charge in [-0.05, 0) is 42.2 Å². The van der Waals surface area contributed by atoms with Crippen molar-refractivity contribution < 1.29 is 8.42 Å². The molecule has 0 spiro atoms. The Labute approximate surface area is 117 Å². The normalized spacial score (nSPS) is 28.2. The number of rotatable bonds is 3. The van der Waals surface area contributed by atoms with Gasteiger partial charge in [-0.3, -0.25) is 0 Å². The van der Waals surface area contributed by atoms with Crippen LogP contribution in [0.3, 0.4) is 0 Å². The van der Waals surface area contributed by atoms with Crippen LogP contribution in [-0.2, 0) is 9.84 Å². The van der Waals surface area contributed by atoms with E-state index < -0.39 is 9.84 Å². The summed E-state index contributed by atoms with van der Waals surface area (Å²) in [5, 5.41) is 0. The summed E-state index contributed by atoms with van der Waals surface area (Å²) in [5.74, 6) is 1.63. The van der Waals surface area contributed by atoms with Gasteiger partial charge in [-0.1, -0.05) is 40.2 Å². The molecule has 1 aliphatic heterocycles. The molecule has 98 valence electrons. The van der Waals surface area contributed by atoms with Gasteiger partial charge < -0.3 is 0 Å². The van der Waals surface area contributed by atoms with Crippen LogP contribution in [0.5, 0.6) is 0 Å². The SMILES string of the molecule is O=S1(=O)CCC(C(Br)c2ccccc2C2CC2)C1. The molecule has 18 heavy (non-hydrogen) atoms. The minimum atomic E-state index is -2.80. The molecular formula is C14H17BrO2S. The molecule has 2 unspecified atom stereocenters. The molecule has 3 rings (SSSR count). The summed E-state index contributed by atoms with van der Waals surface area (Å²) in [4.78, 5) is 0.187. The summed E-state index contributed by atoms with van der Waals surface area (Å²) >= 11 is 3.75. The standard InChI is InChI=1S/C14H17BrO2S/c15-14(11-7-8-18(16,17)9-11)13-4-2-1-3-12(13)10-5-6-10/h1-4,10-11,14H,5-9H2. The lowest BCUT2D eigenvalue weighted by Crippen LogP contribution is -2.11. The first-order chi connectivity index (χ1) is 8.57. The lowest BCUT2D eigenvalue weighted by molar-refractivity contribution is 0.577. The van der Waals surface area contributed by atoms with Gasteiger partial charge in [-0.15, -0.1) is 0 Å². The third kappa shape index (κ3) is 2.50. The van der Waals surface area contributed by atoms with Crippen molar-refractivity contribution in [3.8, 4) is 0 Å². The lowest BCUT2D eigenvalue weighted by atomic mass is 9.93. The Kier molecular flexibility index (Phi) is 3.27. The van der Waals surface area contributed by atoms with Gasteiger partial charge in [0.1, 0.15) is 0 Å². The minimum absolute atomic E-state index is 0.187. The van der Waals surface area contributed by atoms with Crippen molar-refractivity contribution in [1.29, 1.82) is 0 Å². The van der Waals surface area contributed by atoms with Gasteiger partial charge in [0.15, 0.2) is 9.84 Å². The second-order valence-electron chi connectivity index (χ2n) is 5.47. The molecule has 0 bridgehead atoms. The van der Waals surface area contributed by atoms with Crippen molar-refractivity contribution in [2.24, 2.45) is 5.92 Å². The molecular weight excluding hydrogens is 312 g/mol. The average Bonchev–Trinajstić information content (AvgIpc) is 3.13. The Morgan fingerprint density at radius 2 is 1.89 bits per heavy atom. The van der Waals surface area contributed by atoms with Crippen molar-refractivity contribution in [3.05, 3.63) is 35.4 Å². The van der Waals surface area contributed by atoms with Gasteiger partial charge in [0.05, 0.1) is 11.5 Å². The molecule has 2 fully saturated rings. The first-order valence-corrected chi connectivity index (χ1v) is 9.24. The molecule has 1 aliphatic carbocycles. The maximum absolute atomic E-state index is 11.6. The fraction of sp³-hybridized carbons (Fsp3) is 0.571. The van der Waals surface area contributed by atoms with E-state index in [1.807, 2.05) is 0 Å². The fourth-order valence-electron chi connectivity index (χ4n) is 2.84. The van der Waals surface area contributed by atoms with Crippen LogP contribution in [0, 0.1) is 5.92 Å². The molecule has 0 radical (unpaired) electrons. The van der Waals surface area contributed by atoms with Crippen molar-refractivity contribution in [2.75, 3.05) is 11.5 Å². The lowest BCUT2D eigenvalue weighted by Gasteiger charge is -2.19. The number of benzene rings is 1. The molecule has 1 saturated heterocycles. The minimum Gasteiger partial charge on any atom is -0.229 e. The van der Waals surface area contributed by atoms with Crippen LogP contribution in [0.1, 0.15) is 41.1 Å². The van der Waals surface area contributed by atoms with Crippen LogP contribution >= 0.6 is 15.9 Å². The molecule has 0 N–H and O–H groups in total. The molecule has 2 nitrogen and oxygen atoms in total. The number of hydrogen-bond acceptors (Lipinski definition) is 2. The van der Waals surface area contributed by atoms with Gasteiger partial charge in [0.2, 0.25) is 0 Å². The Bertz CT molecular complexity index is 549. The van der Waals surface area contributed by atoms with Crippen LogP contribution in [0.2, 0.25) is 0 Å². The second kappa shape index (κ2) is 4.64. The molecule has 1 saturated carbocycles. The third-order valence-electron chi connectivity index (χ3n) is 3.99. The van der Waals surface area contributed by atoms with E-state index in [1.54, 1.807) is 0 Å². The predicted octanol–water partition coefficient (Wildman–Crippen LogP) is 3.43. The van der Waals surface area contributed by atoms with Crippen LogP contribution in [0.4, 0.5) is 0 Å². The maximum atomic E-state index is 11.6. The zero-order valence-electron chi connectivity index (χ0n) is 10.2. The van der Waals surface area contributed by atoms with E-state index in [2.05, 4.69) is 40.2 Å². The van der Waals surface area contributed by atoms with E-state index in [4.69, 9.17) is 0 Å². The zero-order chi connectivity index (χ0) is 12.8. The summed E-state index contributed by atoms with van der Waals surface area (Å²) in [7, 11) is -2.80. The number of alkyl halides is 1. The van der Waals surface area contributed by atoms with E-state index in [-0.39, 0.29) is 10.7 Å². The highest BCUT2D eigenvalue weighted by Crippen LogP contribution is 2.47. The summed E-state index contributed by atoms with van der Waals surface area (Å²) < 4.78 is 23.2. The Balaban J connectivity index is 1.86. The van der Waals surface area contributed by atoms with E-state index in [0.29, 0.717) is 17.4 Å². The molecule has 0 aromatic heterocycles. The predicted molar refractivity (Wildman–Crippen MR) is 76.8 cm³/mol. The molecule has 1 aromatic carbocycles. The third-order valence-corrected chi connectivity index (χ3v) is 7.03. The molecule has 2 atom stereocenters. The summed E-state index contributed by atoms with van der Waals surface area (Å²) in [5.41, 5.74) is 2.73. The fourth-order valence-corrected chi connectivity index (χ4v) is 5.79. The highest BCUT2D eigenvalue weighted by Gasteiger charge is 2.35. The quantitative estimate of drug-likeness (QED) is 0.796. The average molecular weight is 329 g/mol. The van der Waals surface area contributed by atoms with Crippen molar-refractivity contribution in [3.63, 3.8) is 0 Å². The van der Waals surface area contributed by atoms with Gasteiger partial charge in [-0.25, -0.2) is 8.42 Å². The van der Waals surface area contributed by atoms with Crippen molar-refractivity contribution in [2.45, 2.75) is 30.0 Å². The molecule has 4 heteroatoms. The van der Waals surface area contributed by atoms with Crippen LogP contribution < -0.4 is 0 Å². The first kappa shape index (κ1) is 12.7. The summed E-state index contributed by atoms with van der Waals surface area (Å²) in [6, 6.07) is 8.49.